The zero-order chi connectivity index (χ0) is 11.0. The van der Waals surface area contributed by atoms with Gasteiger partial charge in [0.1, 0.15) is 5.82 Å². The largest absolute Gasteiger partial charge is 0.345 e. The van der Waals surface area contributed by atoms with Gasteiger partial charge in [0.2, 0.25) is 0 Å². The van der Waals surface area contributed by atoms with E-state index in [9.17, 15) is 0 Å². The summed E-state index contributed by atoms with van der Waals surface area (Å²) in [6, 6.07) is 0. The number of nitrogens with zero attached hydrogens (tertiary/aromatic N) is 1. The van der Waals surface area contributed by atoms with Gasteiger partial charge in [0.05, 0.1) is 5.69 Å². The summed E-state index contributed by atoms with van der Waals surface area (Å²) in [5.41, 5.74) is 2.58. The first-order valence-corrected chi connectivity index (χ1v) is 5.90. The van der Waals surface area contributed by atoms with Gasteiger partial charge in [-0.15, -0.1) is 0 Å². The van der Waals surface area contributed by atoms with Gasteiger partial charge in [-0.1, -0.05) is 27.7 Å². The minimum Gasteiger partial charge on any atom is -0.345 e. The summed E-state index contributed by atoms with van der Waals surface area (Å²) in [6.45, 7) is 11.0. The normalized spacial score (nSPS) is 17.5. The number of hydrogen-bond acceptors (Lipinski definition) is 2. The first-order valence-electron chi connectivity index (χ1n) is 5.90. The van der Waals surface area contributed by atoms with Crippen LogP contribution in [-0.2, 0) is 0 Å². The van der Waals surface area contributed by atoms with Crippen LogP contribution in [0.4, 0.5) is 0 Å². The van der Waals surface area contributed by atoms with Gasteiger partial charge in [-0.25, -0.2) is 4.98 Å². The number of rotatable bonds is 3. The molecule has 0 radical (unpaired) electrons. The Morgan fingerprint density at radius 3 is 2.13 bits per heavy atom. The molecule has 0 aliphatic carbocycles. The van der Waals surface area contributed by atoms with Gasteiger partial charge in [-0.2, -0.15) is 0 Å². The second-order valence-corrected chi connectivity index (χ2v) is 5.09. The summed E-state index contributed by atoms with van der Waals surface area (Å²) in [6.07, 6.45) is 0. The van der Waals surface area contributed by atoms with E-state index in [2.05, 4.69) is 38.0 Å². The smallest absolute Gasteiger partial charge is 0.112 e. The van der Waals surface area contributed by atoms with E-state index in [1.54, 1.807) is 0 Å². The van der Waals surface area contributed by atoms with E-state index < -0.39 is 0 Å². The molecule has 84 valence electrons. The van der Waals surface area contributed by atoms with Crippen molar-refractivity contribution in [1.29, 1.82) is 0 Å². The van der Waals surface area contributed by atoms with Crippen LogP contribution in [0.1, 0.15) is 62.7 Å². The van der Waals surface area contributed by atoms with Gasteiger partial charge < -0.3 is 10.3 Å². The molecule has 2 heterocycles. The number of aromatic amines is 1. The summed E-state index contributed by atoms with van der Waals surface area (Å²) < 4.78 is 0. The molecule has 1 aromatic heterocycles. The highest BCUT2D eigenvalue weighted by atomic mass is 15.0. The molecule has 2 rings (SSSR count). The Bertz CT molecular complexity index is 309. The Balaban J connectivity index is 2.30. The zero-order valence-electron chi connectivity index (χ0n) is 10.1. The molecule has 3 heteroatoms. The highest BCUT2D eigenvalue weighted by Gasteiger charge is 2.25. The third-order valence-electron chi connectivity index (χ3n) is 3.07. The molecule has 0 bridgehead atoms. The Morgan fingerprint density at radius 2 is 1.80 bits per heavy atom. The molecule has 2 N–H and O–H groups in total. The van der Waals surface area contributed by atoms with Crippen molar-refractivity contribution < 1.29 is 0 Å². The van der Waals surface area contributed by atoms with Crippen LogP contribution in [0.15, 0.2) is 0 Å². The first-order chi connectivity index (χ1) is 7.09. The average Bonchev–Trinajstić information content (AvgIpc) is 2.45. The fourth-order valence-corrected chi connectivity index (χ4v) is 1.98. The average molecular weight is 207 g/mol. The maximum absolute atomic E-state index is 4.76. The Hall–Kier alpha value is -0.830. The predicted octanol–water partition coefficient (Wildman–Crippen LogP) is 2.34. The van der Waals surface area contributed by atoms with Crippen LogP contribution in [0.2, 0.25) is 0 Å². The quantitative estimate of drug-likeness (QED) is 0.798. The lowest BCUT2D eigenvalue weighted by atomic mass is 10.0. The van der Waals surface area contributed by atoms with Crippen LogP contribution in [0.3, 0.4) is 0 Å². The molecule has 0 spiro atoms. The van der Waals surface area contributed by atoms with E-state index in [4.69, 9.17) is 4.98 Å². The van der Waals surface area contributed by atoms with E-state index in [0.29, 0.717) is 17.8 Å². The molecule has 1 aromatic rings. The van der Waals surface area contributed by atoms with Gasteiger partial charge in [-0.05, 0) is 11.8 Å². The fraction of sp³-hybridized carbons (Fsp3) is 0.750. The molecule has 0 unspecified atom stereocenters. The van der Waals surface area contributed by atoms with Crippen molar-refractivity contribution in [2.45, 2.75) is 45.4 Å². The predicted molar refractivity (Wildman–Crippen MR) is 62.4 cm³/mol. The number of hydrogen-bond donors (Lipinski definition) is 2. The van der Waals surface area contributed by atoms with E-state index >= 15 is 0 Å². The number of imidazole rings is 1. The lowest BCUT2D eigenvalue weighted by Gasteiger charge is -2.24. The molecule has 0 aromatic carbocycles. The van der Waals surface area contributed by atoms with Gasteiger partial charge in [0, 0.05) is 24.7 Å². The number of aromatic nitrogens is 2. The Labute approximate surface area is 91.7 Å². The molecular formula is C12H21N3. The monoisotopic (exact) mass is 207 g/mol. The minimum absolute atomic E-state index is 0.514. The van der Waals surface area contributed by atoms with Crippen molar-refractivity contribution >= 4 is 0 Å². The summed E-state index contributed by atoms with van der Waals surface area (Å²) in [4.78, 5) is 8.27. The van der Waals surface area contributed by atoms with Crippen molar-refractivity contribution in [3.63, 3.8) is 0 Å². The molecule has 3 nitrogen and oxygen atoms in total. The zero-order valence-corrected chi connectivity index (χ0v) is 10.1. The minimum atomic E-state index is 0.514. The molecular weight excluding hydrogens is 186 g/mol. The van der Waals surface area contributed by atoms with Gasteiger partial charge >= 0.3 is 0 Å². The van der Waals surface area contributed by atoms with Crippen LogP contribution in [0.5, 0.6) is 0 Å². The van der Waals surface area contributed by atoms with Gasteiger partial charge in [-0.3, -0.25) is 0 Å². The third-order valence-corrected chi connectivity index (χ3v) is 3.07. The maximum Gasteiger partial charge on any atom is 0.112 e. The number of H-pyrrole nitrogens is 1. The number of nitrogens with one attached hydrogen (secondary N) is 2. The van der Waals surface area contributed by atoms with Crippen molar-refractivity contribution in [2.24, 2.45) is 0 Å². The van der Waals surface area contributed by atoms with Gasteiger partial charge in [0.15, 0.2) is 0 Å². The maximum atomic E-state index is 4.76. The Morgan fingerprint density at radius 1 is 1.13 bits per heavy atom. The third kappa shape index (κ3) is 1.93. The van der Waals surface area contributed by atoms with E-state index in [-0.39, 0.29) is 0 Å². The van der Waals surface area contributed by atoms with E-state index in [1.807, 2.05) is 0 Å². The highest BCUT2D eigenvalue weighted by molar-refractivity contribution is 5.23. The van der Waals surface area contributed by atoms with Crippen LogP contribution in [0.25, 0.3) is 0 Å². The van der Waals surface area contributed by atoms with E-state index in [0.717, 1.165) is 13.1 Å². The summed E-state index contributed by atoms with van der Waals surface area (Å²) in [7, 11) is 0. The summed E-state index contributed by atoms with van der Waals surface area (Å²) in [5, 5.41) is 3.29. The van der Waals surface area contributed by atoms with Crippen LogP contribution >= 0.6 is 0 Å². The highest BCUT2D eigenvalue weighted by Crippen LogP contribution is 2.27. The summed E-state index contributed by atoms with van der Waals surface area (Å²) in [5.74, 6) is 2.84. The first kappa shape index (κ1) is 10.7. The standard InChI is InChI=1S/C12H21N3/c1-7(2)10-11(8(3)4)15-12(14-10)9-5-13-6-9/h7-9,13H,5-6H2,1-4H3,(H,14,15). The lowest BCUT2D eigenvalue weighted by Crippen LogP contribution is -2.40. The van der Waals surface area contributed by atoms with Crippen LogP contribution < -0.4 is 5.32 Å². The van der Waals surface area contributed by atoms with Crippen LogP contribution in [-0.4, -0.2) is 23.1 Å². The molecule has 0 atom stereocenters. The fourth-order valence-electron chi connectivity index (χ4n) is 1.98. The van der Waals surface area contributed by atoms with Crippen molar-refractivity contribution in [3.8, 4) is 0 Å². The van der Waals surface area contributed by atoms with Crippen molar-refractivity contribution in [1.82, 2.24) is 15.3 Å². The molecule has 1 aliphatic rings. The molecule has 1 aliphatic heterocycles. The van der Waals surface area contributed by atoms with Crippen molar-refractivity contribution in [3.05, 3.63) is 17.2 Å². The lowest BCUT2D eigenvalue weighted by molar-refractivity contribution is 0.431. The summed E-state index contributed by atoms with van der Waals surface area (Å²) >= 11 is 0. The second kappa shape index (κ2) is 3.97. The van der Waals surface area contributed by atoms with Gasteiger partial charge in [0.25, 0.3) is 0 Å². The Kier molecular flexibility index (Phi) is 2.83. The SMILES string of the molecule is CC(C)c1nc(C2CNC2)[nH]c1C(C)C. The molecule has 1 saturated heterocycles. The molecule has 0 amide bonds. The van der Waals surface area contributed by atoms with E-state index in [1.165, 1.54) is 17.2 Å². The topological polar surface area (TPSA) is 40.7 Å². The molecule has 1 fully saturated rings. The second-order valence-electron chi connectivity index (χ2n) is 5.09. The van der Waals surface area contributed by atoms with Crippen molar-refractivity contribution in [2.75, 3.05) is 13.1 Å². The van der Waals surface area contributed by atoms with Crippen LogP contribution in [0, 0.1) is 0 Å². The molecule has 0 saturated carbocycles. The molecule has 15 heavy (non-hydrogen) atoms.